The number of pyridine rings is 1. The zero-order valence-electron chi connectivity index (χ0n) is 12.1. The van der Waals surface area contributed by atoms with Crippen LogP contribution < -0.4 is 15.4 Å². The quantitative estimate of drug-likeness (QED) is 0.937. The summed E-state index contributed by atoms with van der Waals surface area (Å²) in [5.74, 6) is 0.935. The molecule has 0 radical (unpaired) electrons. The van der Waals surface area contributed by atoms with Crippen LogP contribution in [0, 0.1) is 0 Å². The van der Waals surface area contributed by atoms with Gasteiger partial charge in [0, 0.05) is 31.5 Å². The molecule has 0 aliphatic carbocycles. The summed E-state index contributed by atoms with van der Waals surface area (Å²) in [6.07, 6.45) is 5.66. The van der Waals surface area contributed by atoms with Crippen LogP contribution in [0.1, 0.15) is 18.4 Å². The first-order chi connectivity index (χ1) is 10.3. The van der Waals surface area contributed by atoms with Gasteiger partial charge in [-0.05, 0) is 42.7 Å². The molecule has 4 heteroatoms. The Balaban J connectivity index is 1.70. The molecular weight excluding hydrogens is 262 g/mol. The molecule has 2 aromatic rings. The van der Waals surface area contributed by atoms with Gasteiger partial charge in [0.1, 0.15) is 12.4 Å². The van der Waals surface area contributed by atoms with Crippen LogP contribution in [-0.2, 0) is 6.61 Å². The fourth-order valence-corrected chi connectivity index (χ4v) is 2.62. The molecular formula is C17H21N3O. The van der Waals surface area contributed by atoms with E-state index < -0.39 is 0 Å². The van der Waals surface area contributed by atoms with E-state index in [1.165, 1.54) is 5.69 Å². The van der Waals surface area contributed by atoms with Gasteiger partial charge in [-0.3, -0.25) is 4.98 Å². The van der Waals surface area contributed by atoms with E-state index in [4.69, 9.17) is 10.5 Å². The zero-order valence-corrected chi connectivity index (χ0v) is 12.1. The Kier molecular flexibility index (Phi) is 4.36. The Morgan fingerprint density at radius 3 is 2.57 bits per heavy atom. The van der Waals surface area contributed by atoms with Gasteiger partial charge in [-0.2, -0.15) is 0 Å². The zero-order chi connectivity index (χ0) is 14.5. The van der Waals surface area contributed by atoms with E-state index in [9.17, 15) is 0 Å². The fraction of sp³-hybridized carbons (Fsp3) is 0.353. The van der Waals surface area contributed by atoms with Gasteiger partial charge in [0.2, 0.25) is 0 Å². The Bertz CT molecular complexity index is 565. The van der Waals surface area contributed by atoms with Crippen molar-refractivity contribution in [2.75, 3.05) is 18.0 Å². The highest BCUT2D eigenvalue weighted by Crippen LogP contribution is 2.30. The summed E-state index contributed by atoms with van der Waals surface area (Å²) < 4.78 is 6.00. The van der Waals surface area contributed by atoms with Crippen LogP contribution >= 0.6 is 0 Å². The summed E-state index contributed by atoms with van der Waals surface area (Å²) in [5, 5.41) is 0. The van der Waals surface area contributed by atoms with Crippen molar-refractivity contribution in [2.45, 2.75) is 25.5 Å². The number of piperidine rings is 1. The van der Waals surface area contributed by atoms with Crippen LogP contribution in [0.2, 0.25) is 0 Å². The van der Waals surface area contributed by atoms with Gasteiger partial charge < -0.3 is 15.4 Å². The van der Waals surface area contributed by atoms with Gasteiger partial charge in [-0.1, -0.05) is 12.1 Å². The third-order valence-corrected chi connectivity index (χ3v) is 3.89. The van der Waals surface area contributed by atoms with Crippen LogP contribution in [0.3, 0.4) is 0 Å². The molecule has 0 atom stereocenters. The topological polar surface area (TPSA) is 51.4 Å². The van der Waals surface area contributed by atoms with E-state index in [1.807, 2.05) is 24.3 Å². The fourth-order valence-electron chi connectivity index (χ4n) is 2.62. The number of nitrogens with zero attached hydrogens (tertiary/aromatic N) is 2. The van der Waals surface area contributed by atoms with Crippen LogP contribution in [0.5, 0.6) is 5.75 Å². The number of ether oxygens (including phenoxy) is 1. The first-order valence-electron chi connectivity index (χ1n) is 7.44. The summed E-state index contributed by atoms with van der Waals surface area (Å²) in [7, 11) is 0. The molecule has 110 valence electrons. The lowest BCUT2D eigenvalue weighted by Crippen LogP contribution is -2.39. The SMILES string of the molecule is NC1CCN(c2ccccc2OCc2ccncc2)CC1. The standard InChI is InChI=1S/C17H21N3O/c18-15-7-11-20(12-8-15)16-3-1-2-4-17(16)21-13-14-5-9-19-10-6-14/h1-6,9-10,15H,7-8,11-13,18H2. The van der Waals surface area contributed by atoms with Gasteiger partial charge in [0.05, 0.1) is 5.69 Å². The average Bonchev–Trinajstić information content (AvgIpc) is 2.55. The van der Waals surface area contributed by atoms with Crippen LogP contribution in [0.25, 0.3) is 0 Å². The van der Waals surface area contributed by atoms with Crippen molar-refractivity contribution in [1.82, 2.24) is 4.98 Å². The van der Waals surface area contributed by atoms with Crippen molar-refractivity contribution in [1.29, 1.82) is 0 Å². The van der Waals surface area contributed by atoms with Crippen molar-refractivity contribution in [3.05, 3.63) is 54.4 Å². The van der Waals surface area contributed by atoms with Crippen molar-refractivity contribution in [3.8, 4) is 5.75 Å². The Morgan fingerprint density at radius 2 is 1.81 bits per heavy atom. The van der Waals surface area contributed by atoms with E-state index in [0.29, 0.717) is 12.6 Å². The largest absolute Gasteiger partial charge is 0.487 e. The first kappa shape index (κ1) is 13.9. The van der Waals surface area contributed by atoms with Gasteiger partial charge in [-0.15, -0.1) is 0 Å². The van der Waals surface area contributed by atoms with E-state index in [2.05, 4.69) is 22.0 Å². The second-order valence-electron chi connectivity index (χ2n) is 5.44. The molecule has 0 saturated carbocycles. The molecule has 0 amide bonds. The monoisotopic (exact) mass is 283 g/mol. The number of para-hydroxylation sites is 2. The summed E-state index contributed by atoms with van der Waals surface area (Å²) in [6, 6.07) is 12.5. The number of nitrogens with two attached hydrogens (primary N) is 1. The van der Waals surface area contributed by atoms with Crippen LogP contribution in [0.4, 0.5) is 5.69 Å². The first-order valence-corrected chi connectivity index (χ1v) is 7.44. The molecule has 0 unspecified atom stereocenters. The maximum atomic E-state index is 6.00. The van der Waals surface area contributed by atoms with Crippen molar-refractivity contribution in [3.63, 3.8) is 0 Å². The number of hydrogen-bond donors (Lipinski definition) is 1. The van der Waals surface area contributed by atoms with Crippen LogP contribution in [-0.4, -0.2) is 24.1 Å². The van der Waals surface area contributed by atoms with E-state index in [-0.39, 0.29) is 0 Å². The number of hydrogen-bond acceptors (Lipinski definition) is 4. The van der Waals surface area contributed by atoms with E-state index >= 15 is 0 Å². The van der Waals surface area contributed by atoms with Gasteiger partial charge >= 0.3 is 0 Å². The maximum Gasteiger partial charge on any atom is 0.143 e. The van der Waals surface area contributed by atoms with Gasteiger partial charge in [0.15, 0.2) is 0 Å². The highest BCUT2D eigenvalue weighted by molar-refractivity contribution is 5.58. The highest BCUT2D eigenvalue weighted by atomic mass is 16.5. The third-order valence-electron chi connectivity index (χ3n) is 3.89. The Labute approximate surface area is 125 Å². The lowest BCUT2D eigenvalue weighted by Gasteiger charge is -2.33. The number of rotatable bonds is 4. The van der Waals surface area contributed by atoms with Gasteiger partial charge in [-0.25, -0.2) is 0 Å². The number of aromatic nitrogens is 1. The van der Waals surface area contributed by atoms with Gasteiger partial charge in [0.25, 0.3) is 0 Å². The molecule has 1 aromatic heterocycles. The summed E-state index contributed by atoms with van der Waals surface area (Å²) in [5.41, 5.74) is 8.27. The third kappa shape index (κ3) is 3.52. The molecule has 1 aromatic carbocycles. The van der Waals surface area contributed by atoms with E-state index in [0.717, 1.165) is 37.2 Å². The molecule has 2 heterocycles. The molecule has 1 fully saturated rings. The molecule has 0 spiro atoms. The number of anilines is 1. The lowest BCUT2D eigenvalue weighted by molar-refractivity contribution is 0.305. The molecule has 0 bridgehead atoms. The smallest absolute Gasteiger partial charge is 0.143 e. The van der Waals surface area contributed by atoms with Crippen molar-refractivity contribution in [2.24, 2.45) is 5.73 Å². The average molecular weight is 283 g/mol. The summed E-state index contributed by atoms with van der Waals surface area (Å²) in [6.45, 7) is 2.56. The second kappa shape index (κ2) is 6.59. The minimum atomic E-state index is 0.339. The molecule has 1 saturated heterocycles. The maximum absolute atomic E-state index is 6.00. The van der Waals surface area contributed by atoms with Crippen molar-refractivity contribution < 1.29 is 4.74 Å². The predicted octanol–water partition coefficient (Wildman–Crippen LogP) is 2.59. The van der Waals surface area contributed by atoms with Crippen LogP contribution in [0.15, 0.2) is 48.8 Å². The van der Waals surface area contributed by atoms with Crippen molar-refractivity contribution >= 4 is 5.69 Å². The number of benzene rings is 1. The molecule has 1 aliphatic heterocycles. The molecule has 21 heavy (non-hydrogen) atoms. The second-order valence-corrected chi connectivity index (χ2v) is 5.44. The molecule has 3 rings (SSSR count). The van der Waals surface area contributed by atoms with E-state index in [1.54, 1.807) is 12.4 Å². The normalized spacial score (nSPS) is 16.0. The Morgan fingerprint density at radius 1 is 1.10 bits per heavy atom. The molecule has 2 N–H and O–H groups in total. The minimum absolute atomic E-state index is 0.339. The summed E-state index contributed by atoms with van der Waals surface area (Å²) in [4.78, 5) is 6.39. The predicted molar refractivity (Wildman–Crippen MR) is 84.4 cm³/mol. The lowest BCUT2D eigenvalue weighted by atomic mass is 10.1. The molecule has 4 nitrogen and oxygen atoms in total. The minimum Gasteiger partial charge on any atom is -0.487 e. The summed E-state index contributed by atoms with van der Waals surface area (Å²) >= 11 is 0. The molecule has 1 aliphatic rings. The Hall–Kier alpha value is -2.07. The highest BCUT2D eigenvalue weighted by Gasteiger charge is 2.18.